The lowest BCUT2D eigenvalue weighted by Crippen LogP contribution is -2.46. The average Bonchev–Trinajstić information content (AvgIpc) is 2.22. The van der Waals surface area contributed by atoms with Crippen molar-refractivity contribution < 1.29 is 0 Å². The number of nitriles is 1. The van der Waals surface area contributed by atoms with Crippen LogP contribution in [0.25, 0.3) is 0 Å². The van der Waals surface area contributed by atoms with Crippen LogP contribution in [0.5, 0.6) is 0 Å². The smallest absolute Gasteiger partial charge is 0.106 e. The minimum absolute atomic E-state index is 0.193. The van der Waals surface area contributed by atoms with Gasteiger partial charge in [0, 0.05) is 0 Å². The molecule has 1 aliphatic rings. The van der Waals surface area contributed by atoms with E-state index in [9.17, 15) is 5.26 Å². The van der Waals surface area contributed by atoms with Gasteiger partial charge in [-0.05, 0) is 44.6 Å². The summed E-state index contributed by atoms with van der Waals surface area (Å²) in [5, 5.41) is 12.7. The van der Waals surface area contributed by atoms with E-state index in [-0.39, 0.29) is 5.54 Å². The topological polar surface area (TPSA) is 35.8 Å². The average molecular weight is 194 g/mol. The highest BCUT2D eigenvalue weighted by atomic mass is 15.0. The molecule has 0 bridgehead atoms. The van der Waals surface area contributed by atoms with Crippen LogP contribution < -0.4 is 5.32 Å². The van der Waals surface area contributed by atoms with E-state index in [4.69, 9.17) is 0 Å². The van der Waals surface area contributed by atoms with Gasteiger partial charge in [0.15, 0.2) is 0 Å². The van der Waals surface area contributed by atoms with E-state index < -0.39 is 0 Å². The molecular weight excluding hydrogens is 172 g/mol. The first kappa shape index (κ1) is 11.5. The van der Waals surface area contributed by atoms with E-state index >= 15 is 0 Å². The monoisotopic (exact) mass is 194 g/mol. The fourth-order valence-electron chi connectivity index (χ4n) is 2.09. The van der Waals surface area contributed by atoms with E-state index in [1.165, 1.54) is 25.7 Å². The highest BCUT2D eigenvalue weighted by Crippen LogP contribution is 2.31. The summed E-state index contributed by atoms with van der Waals surface area (Å²) in [7, 11) is 0. The molecule has 80 valence electrons. The summed E-state index contributed by atoms with van der Waals surface area (Å²) >= 11 is 0. The molecule has 1 fully saturated rings. The highest BCUT2D eigenvalue weighted by molar-refractivity contribution is 5.08. The maximum atomic E-state index is 9.21. The molecule has 0 radical (unpaired) electrons. The number of rotatable bonds is 4. The Morgan fingerprint density at radius 3 is 2.57 bits per heavy atom. The molecule has 2 nitrogen and oxygen atoms in total. The van der Waals surface area contributed by atoms with Crippen molar-refractivity contribution in [1.82, 2.24) is 5.32 Å². The summed E-state index contributed by atoms with van der Waals surface area (Å²) in [5.74, 6) is 0.810. The Balaban J connectivity index is 2.39. The molecule has 0 spiro atoms. The largest absolute Gasteiger partial charge is 0.299 e. The SMILES string of the molecule is CCCCNC1(C#N)CCC(C)CC1. The minimum Gasteiger partial charge on any atom is -0.299 e. The van der Waals surface area contributed by atoms with E-state index in [2.05, 4.69) is 25.2 Å². The molecular formula is C12H22N2. The third kappa shape index (κ3) is 2.99. The van der Waals surface area contributed by atoms with Gasteiger partial charge in [-0.15, -0.1) is 0 Å². The number of hydrogen-bond acceptors (Lipinski definition) is 2. The molecule has 14 heavy (non-hydrogen) atoms. The first-order valence-electron chi connectivity index (χ1n) is 5.89. The van der Waals surface area contributed by atoms with E-state index in [1.807, 2.05) is 0 Å². The van der Waals surface area contributed by atoms with Crippen LogP contribution in [-0.2, 0) is 0 Å². The van der Waals surface area contributed by atoms with Gasteiger partial charge in [-0.25, -0.2) is 0 Å². The van der Waals surface area contributed by atoms with Gasteiger partial charge >= 0.3 is 0 Å². The van der Waals surface area contributed by atoms with Crippen molar-refractivity contribution in [2.75, 3.05) is 6.54 Å². The molecule has 0 unspecified atom stereocenters. The lowest BCUT2D eigenvalue weighted by Gasteiger charge is -2.34. The quantitative estimate of drug-likeness (QED) is 0.698. The standard InChI is InChI=1S/C12H22N2/c1-3-4-9-14-12(10-13)7-5-11(2)6-8-12/h11,14H,3-9H2,1-2H3. The fourth-order valence-corrected chi connectivity index (χ4v) is 2.09. The molecule has 1 saturated carbocycles. The Kier molecular flexibility index (Phi) is 4.41. The van der Waals surface area contributed by atoms with Crippen molar-refractivity contribution in [1.29, 1.82) is 5.26 Å². The second kappa shape index (κ2) is 5.36. The summed E-state index contributed by atoms with van der Waals surface area (Å²) in [5.41, 5.74) is -0.193. The summed E-state index contributed by atoms with van der Waals surface area (Å²) in [6.45, 7) is 5.47. The van der Waals surface area contributed by atoms with Gasteiger partial charge in [0.25, 0.3) is 0 Å². The molecule has 0 aromatic heterocycles. The van der Waals surface area contributed by atoms with E-state index in [0.29, 0.717) is 0 Å². The molecule has 1 rings (SSSR count). The maximum absolute atomic E-state index is 9.21. The van der Waals surface area contributed by atoms with E-state index in [1.54, 1.807) is 0 Å². The zero-order valence-electron chi connectivity index (χ0n) is 9.47. The van der Waals surface area contributed by atoms with Gasteiger partial charge in [-0.2, -0.15) is 5.26 Å². The lowest BCUT2D eigenvalue weighted by molar-refractivity contribution is 0.249. The van der Waals surface area contributed by atoms with Crippen LogP contribution in [0.1, 0.15) is 52.4 Å². The molecule has 1 N–H and O–H groups in total. The molecule has 0 atom stereocenters. The Morgan fingerprint density at radius 2 is 2.07 bits per heavy atom. The van der Waals surface area contributed by atoms with Crippen molar-refractivity contribution in [2.45, 2.75) is 57.9 Å². The van der Waals surface area contributed by atoms with Crippen LogP contribution in [0.2, 0.25) is 0 Å². The molecule has 0 aromatic carbocycles. The third-order valence-electron chi connectivity index (χ3n) is 3.34. The molecule has 0 saturated heterocycles. The zero-order chi connectivity index (χ0) is 10.4. The second-order valence-corrected chi connectivity index (χ2v) is 4.66. The second-order valence-electron chi connectivity index (χ2n) is 4.66. The summed E-state index contributed by atoms with van der Waals surface area (Å²) in [6.07, 6.45) is 6.85. The summed E-state index contributed by atoms with van der Waals surface area (Å²) < 4.78 is 0. The molecule has 2 heteroatoms. The van der Waals surface area contributed by atoms with Crippen LogP contribution in [0, 0.1) is 17.2 Å². The minimum atomic E-state index is -0.193. The van der Waals surface area contributed by atoms with Gasteiger partial charge in [0.05, 0.1) is 6.07 Å². The molecule has 0 heterocycles. The Bertz CT molecular complexity index is 197. The fraction of sp³-hybridized carbons (Fsp3) is 0.917. The van der Waals surface area contributed by atoms with Crippen molar-refractivity contribution in [3.8, 4) is 6.07 Å². The van der Waals surface area contributed by atoms with Crippen LogP contribution in [0.15, 0.2) is 0 Å². The summed E-state index contributed by atoms with van der Waals surface area (Å²) in [6, 6.07) is 2.49. The van der Waals surface area contributed by atoms with Crippen LogP contribution in [-0.4, -0.2) is 12.1 Å². The first-order valence-corrected chi connectivity index (χ1v) is 5.89. The molecule has 0 amide bonds. The predicted molar refractivity (Wildman–Crippen MR) is 58.9 cm³/mol. The van der Waals surface area contributed by atoms with E-state index in [0.717, 1.165) is 25.3 Å². The Hall–Kier alpha value is -0.550. The predicted octanol–water partition coefficient (Wildman–Crippen LogP) is 2.85. The molecule has 1 aliphatic carbocycles. The first-order chi connectivity index (χ1) is 6.72. The number of nitrogens with zero attached hydrogens (tertiary/aromatic N) is 1. The molecule has 0 aromatic rings. The highest BCUT2D eigenvalue weighted by Gasteiger charge is 2.33. The number of hydrogen-bond donors (Lipinski definition) is 1. The molecule has 0 aliphatic heterocycles. The zero-order valence-corrected chi connectivity index (χ0v) is 9.47. The van der Waals surface area contributed by atoms with Crippen molar-refractivity contribution in [2.24, 2.45) is 5.92 Å². The Labute approximate surface area is 87.7 Å². The number of nitrogens with one attached hydrogen (secondary N) is 1. The normalized spacial score (nSPS) is 32.5. The van der Waals surface area contributed by atoms with Gasteiger partial charge in [-0.3, -0.25) is 5.32 Å². The van der Waals surface area contributed by atoms with Gasteiger partial charge in [-0.1, -0.05) is 20.3 Å². The van der Waals surface area contributed by atoms with Gasteiger partial charge in [0.2, 0.25) is 0 Å². The van der Waals surface area contributed by atoms with Crippen LogP contribution in [0.3, 0.4) is 0 Å². The lowest BCUT2D eigenvalue weighted by atomic mass is 9.78. The van der Waals surface area contributed by atoms with Gasteiger partial charge < -0.3 is 0 Å². The summed E-state index contributed by atoms with van der Waals surface area (Å²) in [4.78, 5) is 0. The van der Waals surface area contributed by atoms with Crippen LogP contribution >= 0.6 is 0 Å². The maximum Gasteiger partial charge on any atom is 0.106 e. The van der Waals surface area contributed by atoms with Crippen molar-refractivity contribution in [3.05, 3.63) is 0 Å². The van der Waals surface area contributed by atoms with Gasteiger partial charge in [0.1, 0.15) is 5.54 Å². The van der Waals surface area contributed by atoms with Crippen molar-refractivity contribution >= 4 is 0 Å². The van der Waals surface area contributed by atoms with Crippen LogP contribution in [0.4, 0.5) is 0 Å². The number of unbranched alkanes of at least 4 members (excludes halogenated alkanes) is 1. The van der Waals surface area contributed by atoms with Crippen molar-refractivity contribution in [3.63, 3.8) is 0 Å². The third-order valence-corrected chi connectivity index (χ3v) is 3.34. The Morgan fingerprint density at radius 1 is 1.43 bits per heavy atom.